The molecular formula is C15H15N3. The van der Waals surface area contributed by atoms with Crippen LogP contribution in [-0.2, 0) is 0 Å². The number of aryl methyl sites for hydroxylation is 1. The Morgan fingerprint density at radius 1 is 1.17 bits per heavy atom. The molecule has 0 fully saturated rings. The minimum Gasteiger partial charge on any atom is -0.378 e. The van der Waals surface area contributed by atoms with E-state index in [1.54, 1.807) is 6.20 Å². The molecule has 0 saturated carbocycles. The molecule has 0 spiro atoms. The van der Waals surface area contributed by atoms with E-state index in [1.165, 1.54) is 0 Å². The van der Waals surface area contributed by atoms with Crippen molar-refractivity contribution in [3.05, 3.63) is 47.7 Å². The molecule has 0 atom stereocenters. The van der Waals surface area contributed by atoms with Crippen molar-refractivity contribution in [3.63, 3.8) is 0 Å². The van der Waals surface area contributed by atoms with Gasteiger partial charge in [0.15, 0.2) is 0 Å². The van der Waals surface area contributed by atoms with Crippen LogP contribution < -0.4 is 4.90 Å². The smallest absolute Gasteiger partial charge is 0.0991 e. The fraction of sp³-hybridized carbons (Fsp3) is 0.200. The second kappa shape index (κ2) is 4.89. The molecule has 2 aromatic rings. The minimum absolute atomic E-state index is 0.660. The molecule has 1 aromatic heterocycles. The first kappa shape index (κ1) is 12.1. The number of nitrogens with zero attached hydrogens (tertiary/aromatic N) is 3. The zero-order valence-electron chi connectivity index (χ0n) is 10.8. The molecule has 18 heavy (non-hydrogen) atoms. The van der Waals surface area contributed by atoms with E-state index in [4.69, 9.17) is 5.26 Å². The molecule has 90 valence electrons. The van der Waals surface area contributed by atoms with Crippen LogP contribution in [0.1, 0.15) is 11.1 Å². The van der Waals surface area contributed by atoms with Gasteiger partial charge in [-0.1, -0.05) is 6.07 Å². The minimum atomic E-state index is 0.660. The number of hydrogen-bond donors (Lipinski definition) is 0. The van der Waals surface area contributed by atoms with E-state index >= 15 is 0 Å². The molecular weight excluding hydrogens is 222 g/mol. The van der Waals surface area contributed by atoms with Crippen LogP contribution in [0.5, 0.6) is 0 Å². The Kier molecular flexibility index (Phi) is 3.29. The van der Waals surface area contributed by atoms with Gasteiger partial charge >= 0.3 is 0 Å². The van der Waals surface area contributed by atoms with Crippen molar-refractivity contribution < 1.29 is 0 Å². The highest BCUT2D eigenvalue weighted by Gasteiger charge is 2.06. The van der Waals surface area contributed by atoms with Gasteiger partial charge in [0.2, 0.25) is 0 Å². The van der Waals surface area contributed by atoms with Gasteiger partial charge in [0.25, 0.3) is 0 Å². The second-order valence-electron chi connectivity index (χ2n) is 4.44. The van der Waals surface area contributed by atoms with Crippen LogP contribution in [0.4, 0.5) is 5.69 Å². The van der Waals surface area contributed by atoms with Gasteiger partial charge in [-0.2, -0.15) is 5.26 Å². The first-order valence-electron chi connectivity index (χ1n) is 5.76. The van der Waals surface area contributed by atoms with Gasteiger partial charge in [-0.15, -0.1) is 0 Å². The predicted octanol–water partition coefficient (Wildman–Crippen LogP) is 2.99. The molecule has 0 radical (unpaired) electrons. The molecule has 2 rings (SSSR count). The summed E-state index contributed by atoms with van der Waals surface area (Å²) in [5.74, 6) is 0. The van der Waals surface area contributed by atoms with Gasteiger partial charge < -0.3 is 4.90 Å². The summed E-state index contributed by atoms with van der Waals surface area (Å²) in [6.07, 6.45) is 1.79. The third kappa shape index (κ3) is 2.33. The lowest BCUT2D eigenvalue weighted by molar-refractivity contribution is 1.12. The zero-order valence-corrected chi connectivity index (χ0v) is 10.8. The highest BCUT2D eigenvalue weighted by Crippen LogP contribution is 2.25. The average molecular weight is 237 g/mol. The topological polar surface area (TPSA) is 39.9 Å². The molecule has 0 amide bonds. The molecule has 3 heteroatoms. The van der Waals surface area contributed by atoms with Gasteiger partial charge in [-0.05, 0) is 36.8 Å². The van der Waals surface area contributed by atoms with Crippen LogP contribution in [0.3, 0.4) is 0 Å². The normalized spacial score (nSPS) is 9.89. The monoisotopic (exact) mass is 237 g/mol. The van der Waals surface area contributed by atoms with E-state index in [9.17, 15) is 0 Å². The molecule has 0 aliphatic heterocycles. The summed E-state index contributed by atoms with van der Waals surface area (Å²) in [6, 6.07) is 11.8. The van der Waals surface area contributed by atoms with Gasteiger partial charge in [0.05, 0.1) is 17.3 Å². The SMILES string of the molecule is Cc1ccc(C#N)cc1-c1cc(N(C)C)ccn1. The van der Waals surface area contributed by atoms with Crippen LogP contribution in [-0.4, -0.2) is 19.1 Å². The largest absolute Gasteiger partial charge is 0.378 e. The summed E-state index contributed by atoms with van der Waals surface area (Å²) in [5, 5.41) is 8.96. The standard InChI is InChI=1S/C15H15N3/c1-11-4-5-12(10-16)8-14(11)15-9-13(18(2)3)6-7-17-15/h4-9H,1-3H3. The summed E-state index contributed by atoms with van der Waals surface area (Å²) in [5.41, 5.74) is 4.79. The highest BCUT2D eigenvalue weighted by atomic mass is 15.1. The summed E-state index contributed by atoms with van der Waals surface area (Å²) in [7, 11) is 4.00. The third-order valence-corrected chi connectivity index (χ3v) is 2.90. The molecule has 0 unspecified atom stereocenters. The van der Waals surface area contributed by atoms with Gasteiger partial charge in [-0.3, -0.25) is 4.98 Å². The highest BCUT2D eigenvalue weighted by molar-refractivity contribution is 5.68. The molecule has 3 nitrogen and oxygen atoms in total. The van der Waals surface area contributed by atoms with Gasteiger partial charge in [0, 0.05) is 31.5 Å². The number of benzene rings is 1. The average Bonchev–Trinajstić information content (AvgIpc) is 2.39. The van der Waals surface area contributed by atoms with Gasteiger partial charge in [-0.25, -0.2) is 0 Å². The maximum absolute atomic E-state index is 8.96. The number of nitriles is 1. The van der Waals surface area contributed by atoms with Crippen LogP contribution >= 0.6 is 0 Å². The third-order valence-electron chi connectivity index (χ3n) is 2.90. The van der Waals surface area contributed by atoms with Crippen molar-refractivity contribution in [3.8, 4) is 17.3 Å². The molecule has 0 saturated heterocycles. The van der Waals surface area contributed by atoms with E-state index in [1.807, 2.05) is 56.3 Å². The number of pyridine rings is 1. The summed E-state index contributed by atoms with van der Waals surface area (Å²) in [4.78, 5) is 6.43. The van der Waals surface area contributed by atoms with E-state index < -0.39 is 0 Å². The summed E-state index contributed by atoms with van der Waals surface area (Å²) < 4.78 is 0. The molecule has 1 aromatic carbocycles. The zero-order chi connectivity index (χ0) is 13.1. The van der Waals surface area contributed by atoms with Crippen molar-refractivity contribution in [1.82, 2.24) is 4.98 Å². The number of aromatic nitrogens is 1. The molecule has 0 aliphatic carbocycles. The van der Waals surface area contributed by atoms with Crippen LogP contribution in [0.2, 0.25) is 0 Å². The quantitative estimate of drug-likeness (QED) is 0.806. The van der Waals surface area contributed by atoms with E-state index in [-0.39, 0.29) is 0 Å². The van der Waals surface area contributed by atoms with Crippen molar-refractivity contribution in [2.45, 2.75) is 6.92 Å². The van der Waals surface area contributed by atoms with Crippen molar-refractivity contribution >= 4 is 5.69 Å². The van der Waals surface area contributed by atoms with Crippen molar-refractivity contribution in [2.24, 2.45) is 0 Å². The Labute approximate surface area is 107 Å². The first-order valence-corrected chi connectivity index (χ1v) is 5.76. The lowest BCUT2D eigenvalue weighted by Crippen LogP contribution is -2.08. The van der Waals surface area contributed by atoms with E-state index in [0.717, 1.165) is 22.5 Å². The Bertz CT molecular complexity index is 609. The first-order chi connectivity index (χ1) is 8.61. The maximum atomic E-state index is 8.96. The summed E-state index contributed by atoms with van der Waals surface area (Å²) in [6.45, 7) is 2.03. The lowest BCUT2D eigenvalue weighted by atomic mass is 10.0. The van der Waals surface area contributed by atoms with Crippen LogP contribution in [0, 0.1) is 18.3 Å². The molecule has 0 bridgehead atoms. The molecule has 0 aliphatic rings. The van der Waals surface area contributed by atoms with E-state index in [0.29, 0.717) is 5.56 Å². The number of rotatable bonds is 2. The van der Waals surface area contributed by atoms with Crippen LogP contribution in [0.15, 0.2) is 36.5 Å². The number of anilines is 1. The van der Waals surface area contributed by atoms with Crippen molar-refractivity contribution in [2.75, 3.05) is 19.0 Å². The Morgan fingerprint density at radius 2 is 1.94 bits per heavy atom. The predicted molar refractivity (Wildman–Crippen MR) is 73.5 cm³/mol. The van der Waals surface area contributed by atoms with Crippen molar-refractivity contribution in [1.29, 1.82) is 5.26 Å². The Hall–Kier alpha value is -2.34. The van der Waals surface area contributed by atoms with E-state index in [2.05, 4.69) is 11.1 Å². The second-order valence-corrected chi connectivity index (χ2v) is 4.44. The molecule has 0 N–H and O–H groups in total. The Morgan fingerprint density at radius 3 is 2.61 bits per heavy atom. The lowest BCUT2D eigenvalue weighted by Gasteiger charge is -2.14. The maximum Gasteiger partial charge on any atom is 0.0991 e. The fourth-order valence-electron chi connectivity index (χ4n) is 1.81. The fourth-order valence-corrected chi connectivity index (χ4v) is 1.81. The molecule has 1 heterocycles. The van der Waals surface area contributed by atoms with Gasteiger partial charge in [0.1, 0.15) is 0 Å². The van der Waals surface area contributed by atoms with Crippen LogP contribution in [0.25, 0.3) is 11.3 Å². The number of hydrogen-bond acceptors (Lipinski definition) is 3. The summed E-state index contributed by atoms with van der Waals surface area (Å²) >= 11 is 0. The Balaban J connectivity index is 2.55.